The van der Waals surface area contributed by atoms with Crippen LogP contribution in [-0.2, 0) is 0 Å². The predicted octanol–water partition coefficient (Wildman–Crippen LogP) is 4.78. The second-order valence-electron chi connectivity index (χ2n) is 4.48. The first-order valence-electron chi connectivity index (χ1n) is 6.62. The molecule has 0 aliphatic rings. The quantitative estimate of drug-likeness (QED) is 0.500. The Kier molecular flexibility index (Phi) is 4.46. The van der Waals surface area contributed by atoms with E-state index in [1.54, 1.807) is 60.1 Å². The van der Waals surface area contributed by atoms with Crippen LogP contribution in [0, 0.1) is 0 Å². The van der Waals surface area contributed by atoms with E-state index in [2.05, 4.69) is 4.98 Å². The van der Waals surface area contributed by atoms with Gasteiger partial charge in [0.1, 0.15) is 10.8 Å². The molecule has 0 spiro atoms. The lowest BCUT2D eigenvalue weighted by atomic mass is 10.1. The van der Waals surface area contributed by atoms with Crippen LogP contribution in [0.5, 0.6) is 5.75 Å². The Labute approximate surface area is 136 Å². The smallest absolute Gasteiger partial charge is 0.186 e. The van der Waals surface area contributed by atoms with Crippen molar-refractivity contribution >= 4 is 34.5 Å². The molecule has 0 amide bonds. The van der Waals surface area contributed by atoms with Gasteiger partial charge in [-0.05, 0) is 35.7 Å². The van der Waals surface area contributed by atoms with E-state index < -0.39 is 0 Å². The van der Waals surface area contributed by atoms with Crippen LogP contribution in [0.25, 0.3) is 16.0 Å². The molecule has 0 aliphatic heterocycles. The summed E-state index contributed by atoms with van der Waals surface area (Å²) in [6.45, 7) is 0. The molecule has 2 aromatic heterocycles. The number of nitrogens with zero attached hydrogens (tertiary/aromatic N) is 1. The van der Waals surface area contributed by atoms with E-state index in [-0.39, 0.29) is 5.78 Å². The van der Waals surface area contributed by atoms with Gasteiger partial charge < -0.3 is 4.74 Å². The number of carbonyl (C=O) groups is 1. The van der Waals surface area contributed by atoms with Crippen molar-refractivity contribution in [2.45, 2.75) is 0 Å². The zero-order valence-electron chi connectivity index (χ0n) is 11.9. The molecule has 0 saturated heterocycles. The van der Waals surface area contributed by atoms with Crippen LogP contribution in [0.4, 0.5) is 0 Å². The van der Waals surface area contributed by atoms with Crippen molar-refractivity contribution in [1.29, 1.82) is 0 Å². The Hall–Kier alpha value is -2.24. The standard InChI is InChI=1S/C17H13NO2S2/c1-20-14-5-2-4-12(10-14)15(19)8-7-13-11-22-17(18-13)16-6-3-9-21-16/h2-11H,1H3. The molecule has 0 fully saturated rings. The van der Waals surface area contributed by atoms with E-state index >= 15 is 0 Å². The Morgan fingerprint density at radius 1 is 1.23 bits per heavy atom. The van der Waals surface area contributed by atoms with Gasteiger partial charge in [-0.2, -0.15) is 0 Å². The molecule has 3 nitrogen and oxygen atoms in total. The van der Waals surface area contributed by atoms with Gasteiger partial charge in [-0.1, -0.05) is 18.2 Å². The van der Waals surface area contributed by atoms with Gasteiger partial charge in [-0.25, -0.2) is 4.98 Å². The molecule has 5 heteroatoms. The lowest BCUT2D eigenvalue weighted by Crippen LogP contribution is -1.94. The summed E-state index contributed by atoms with van der Waals surface area (Å²) in [4.78, 5) is 17.8. The van der Waals surface area contributed by atoms with Crippen molar-refractivity contribution in [3.63, 3.8) is 0 Å². The summed E-state index contributed by atoms with van der Waals surface area (Å²) in [7, 11) is 1.58. The summed E-state index contributed by atoms with van der Waals surface area (Å²) in [5, 5.41) is 4.95. The molecule has 0 saturated carbocycles. The number of rotatable bonds is 5. The number of thiazole rings is 1. The number of aromatic nitrogens is 1. The molecule has 0 radical (unpaired) electrons. The first kappa shape index (κ1) is 14.7. The van der Waals surface area contributed by atoms with E-state index in [9.17, 15) is 4.79 Å². The molecule has 0 unspecified atom stereocenters. The average Bonchev–Trinajstić information content (AvgIpc) is 3.23. The van der Waals surface area contributed by atoms with Crippen molar-refractivity contribution in [2.75, 3.05) is 7.11 Å². The fourth-order valence-corrected chi connectivity index (χ4v) is 3.51. The van der Waals surface area contributed by atoms with E-state index in [1.807, 2.05) is 29.0 Å². The Balaban J connectivity index is 1.75. The minimum absolute atomic E-state index is 0.0652. The van der Waals surface area contributed by atoms with Crippen molar-refractivity contribution in [2.24, 2.45) is 0 Å². The SMILES string of the molecule is COc1cccc(C(=O)C=Cc2csc(-c3cccs3)n2)c1. The molecule has 22 heavy (non-hydrogen) atoms. The number of ketones is 1. The minimum Gasteiger partial charge on any atom is -0.497 e. The number of methoxy groups -OCH3 is 1. The molecular formula is C17H13NO2S2. The Morgan fingerprint density at radius 3 is 2.91 bits per heavy atom. The summed E-state index contributed by atoms with van der Waals surface area (Å²) in [6.07, 6.45) is 3.29. The number of thiophene rings is 1. The van der Waals surface area contributed by atoms with Crippen molar-refractivity contribution in [3.8, 4) is 15.6 Å². The van der Waals surface area contributed by atoms with Gasteiger partial charge in [-0.15, -0.1) is 22.7 Å². The normalized spacial score (nSPS) is 11.0. The third-order valence-corrected chi connectivity index (χ3v) is 4.91. The maximum absolute atomic E-state index is 12.2. The van der Waals surface area contributed by atoms with E-state index in [1.165, 1.54) is 0 Å². The second-order valence-corrected chi connectivity index (χ2v) is 6.29. The van der Waals surface area contributed by atoms with Crippen molar-refractivity contribution in [3.05, 3.63) is 64.5 Å². The lowest BCUT2D eigenvalue weighted by Gasteiger charge is -2.00. The fourth-order valence-electron chi connectivity index (χ4n) is 1.91. The van der Waals surface area contributed by atoms with E-state index in [4.69, 9.17) is 4.74 Å². The number of hydrogen-bond donors (Lipinski definition) is 0. The third-order valence-electron chi connectivity index (χ3n) is 3.01. The van der Waals surface area contributed by atoms with Gasteiger partial charge in [0.15, 0.2) is 5.78 Å². The summed E-state index contributed by atoms with van der Waals surface area (Å²) in [5.74, 6) is 0.609. The Bertz CT molecular complexity index is 804. The fraction of sp³-hybridized carbons (Fsp3) is 0.0588. The highest BCUT2D eigenvalue weighted by Gasteiger charge is 2.06. The molecule has 1 aromatic carbocycles. The first-order valence-corrected chi connectivity index (χ1v) is 8.38. The topological polar surface area (TPSA) is 39.2 Å². The zero-order valence-corrected chi connectivity index (χ0v) is 13.5. The third kappa shape index (κ3) is 3.32. The number of benzene rings is 1. The highest BCUT2D eigenvalue weighted by molar-refractivity contribution is 7.20. The van der Waals surface area contributed by atoms with Gasteiger partial charge in [-0.3, -0.25) is 4.79 Å². The maximum Gasteiger partial charge on any atom is 0.186 e. The second kappa shape index (κ2) is 6.68. The summed E-state index contributed by atoms with van der Waals surface area (Å²) in [5.41, 5.74) is 1.40. The molecule has 0 N–H and O–H groups in total. The van der Waals surface area contributed by atoms with Crippen LogP contribution < -0.4 is 4.74 Å². The molecule has 0 aliphatic carbocycles. The van der Waals surface area contributed by atoms with Crippen LogP contribution in [0.2, 0.25) is 0 Å². The van der Waals surface area contributed by atoms with Crippen LogP contribution in [0.15, 0.2) is 53.2 Å². The predicted molar refractivity (Wildman–Crippen MR) is 91.8 cm³/mol. The highest BCUT2D eigenvalue weighted by Crippen LogP contribution is 2.28. The lowest BCUT2D eigenvalue weighted by molar-refractivity contribution is 0.104. The number of hydrogen-bond acceptors (Lipinski definition) is 5. The van der Waals surface area contributed by atoms with Crippen molar-refractivity contribution < 1.29 is 9.53 Å². The Morgan fingerprint density at radius 2 is 2.14 bits per heavy atom. The summed E-state index contributed by atoms with van der Waals surface area (Å²) >= 11 is 3.24. The minimum atomic E-state index is -0.0652. The largest absolute Gasteiger partial charge is 0.497 e. The summed E-state index contributed by atoms with van der Waals surface area (Å²) in [6, 6.07) is 11.2. The molecular weight excluding hydrogens is 314 g/mol. The molecule has 0 atom stereocenters. The van der Waals surface area contributed by atoms with Crippen LogP contribution in [-0.4, -0.2) is 17.9 Å². The number of carbonyl (C=O) groups excluding carboxylic acids is 1. The monoisotopic (exact) mass is 327 g/mol. The van der Waals surface area contributed by atoms with Crippen LogP contribution in [0.3, 0.4) is 0 Å². The van der Waals surface area contributed by atoms with Crippen molar-refractivity contribution in [1.82, 2.24) is 4.98 Å². The van der Waals surface area contributed by atoms with Crippen LogP contribution >= 0.6 is 22.7 Å². The van der Waals surface area contributed by atoms with Gasteiger partial charge in [0.2, 0.25) is 0 Å². The molecule has 3 aromatic rings. The van der Waals surface area contributed by atoms with Gasteiger partial charge >= 0.3 is 0 Å². The summed E-state index contributed by atoms with van der Waals surface area (Å²) < 4.78 is 5.13. The van der Waals surface area contributed by atoms with Gasteiger partial charge in [0.25, 0.3) is 0 Å². The van der Waals surface area contributed by atoms with E-state index in [0.29, 0.717) is 11.3 Å². The first-order chi connectivity index (χ1) is 10.8. The number of ether oxygens (including phenoxy) is 1. The molecule has 110 valence electrons. The highest BCUT2D eigenvalue weighted by atomic mass is 32.1. The van der Waals surface area contributed by atoms with Crippen LogP contribution in [0.1, 0.15) is 16.1 Å². The van der Waals surface area contributed by atoms with Gasteiger partial charge in [0.05, 0.1) is 17.7 Å². The average molecular weight is 327 g/mol. The number of allylic oxidation sites excluding steroid dienone is 1. The van der Waals surface area contributed by atoms with Gasteiger partial charge in [0, 0.05) is 10.9 Å². The zero-order chi connectivity index (χ0) is 15.4. The molecule has 0 bridgehead atoms. The van der Waals surface area contributed by atoms with E-state index in [0.717, 1.165) is 15.6 Å². The molecule has 3 rings (SSSR count). The molecule has 2 heterocycles. The maximum atomic E-state index is 12.2.